The van der Waals surface area contributed by atoms with E-state index in [0.717, 1.165) is 24.6 Å². The van der Waals surface area contributed by atoms with Gasteiger partial charge in [0.15, 0.2) is 0 Å². The van der Waals surface area contributed by atoms with Crippen LogP contribution in [0.4, 0.5) is 5.95 Å². The molecule has 3 rings (SSSR count). The van der Waals surface area contributed by atoms with Gasteiger partial charge in [-0.15, -0.1) is 0 Å². The largest absolute Gasteiger partial charge is 0.339 e. The summed E-state index contributed by atoms with van der Waals surface area (Å²) in [6.07, 6.45) is 3.79. The number of hydrogen-bond donors (Lipinski definition) is 0. The molecule has 86 valence electrons. The second-order valence-electron chi connectivity index (χ2n) is 5.22. The zero-order valence-electron chi connectivity index (χ0n) is 9.98. The van der Waals surface area contributed by atoms with E-state index in [1.165, 1.54) is 19.6 Å². The van der Waals surface area contributed by atoms with Gasteiger partial charge in [0, 0.05) is 44.0 Å². The smallest absolute Gasteiger partial charge is 0.225 e. The zero-order valence-corrected chi connectivity index (χ0v) is 9.98. The summed E-state index contributed by atoms with van der Waals surface area (Å²) < 4.78 is 0. The van der Waals surface area contributed by atoms with E-state index in [-0.39, 0.29) is 0 Å². The van der Waals surface area contributed by atoms with E-state index in [1.807, 2.05) is 19.3 Å². The van der Waals surface area contributed by atoms with Gasteiger partial charge >= 0.3 is 0 Å². The number of anilines is 1. The molecule has 1 spiro atoms. The highest BCUT2D eigenvalue weighted by Gasteiger charge is 2.51. The summed E-state index contributed by atoms with van der Waals surface area (Å²) in [6.45, 7) is 10.2. The van der Waals surface area contributed by atoms with Crippen LogP contribution in [-0.4, -0.2) is 47.6 Å². The molecule has 0 aromatic carbocycles. The Morgan fingerprint density at radius 1 is 1.19 bits per heavy atom. The second kappa shape index (κ2) is 3.42. The Labute approximate surface area is 96.3 Å². The normalized spacial score (nSPS) is 23.0. The fraction of sp³-hybridized carbons (Fsp3) is 0.667. The molecule has 0 bridgehead atoms. The molecule has 0 N–H and O–H groups in total. The third-order valence-electron chi connectivity index (χ3n) is 3.67. The standard InChI is InChI=1S/C12H18N4/c1-3-15-6-12(7-15)8-16(9-12)11-13-4-10(2)5-14-11/h4-5H,3,6-9H2,1-2H3. The Bertz CT molecular complexity index is 373. The molecule has 1 aromatic rings. The van der Waals surface area contributed by atoms with Crippen LogP contribution in [0.2, 0.25) is 0 Å². The average molecular weight is 218 g/mol. The van der Waals surface area contributed by atoms with E-state index in [4.69, 9.17) is 0 Å². The Kier molecular flexibility index (Phi) is 2.14. The van der Waals surface area contributed by atoms with Crippen LogP contribution in [0.3, 0.4) is 0 Å². The van der Waals surface area contributed by atoms with Crippen molar-refractivity contribution >= 4 is 5.95 Å². The molecule has 2 aliphatic heterocycles. The molecule has 4 heteroatoms. The van der Waals surface area contributed by atoms with E-state index < -0.39 is 0 Å². The first kappa shape index (κ1) is 10.0. The molecular formula is C12H18N4. The second-order valence-corrected chi connectivity index (χ2v) is 5.22. The van der Waals surface area contributed by atoms with Crippen LogP contribution in [0, 0.1) is 12.3 Å². The molecular weight excluding hydrogens is 200 g/mol. The minimum absolute atomic E-state index is 0.560. The van der Waals surface area contributed by atoms with Crippen LogP contribution < -0.4 is 4.90 Å². The Hall–Kier alpha value is -1.16. The monoisotopic (exact) mass is 218 g/mol. The molecule has 2 fully saturated rings. The molecule has 0 unspecified atom stereocenters. The summed E-state index contributed by atoms with van der Waals surface area (Å²) in [7, 11) is 0. The Morgan fingerprint density at radius 2 is 1.81 bits per heavy atom. The van der Waals surface area contributed by atoms with Crippen molar-refractivity contribution in [3.63, 3.8) is 0 Å². The van der Waals surface area contributed by atoms with Gasteiger partial charge in [-0.25, -0.2) is 9.97 Å². The van der Waals surface area contributed by atoms with Crippen LogP contribution in [-0.2, 0) is 0 Å². The number of rotatable bonds is 2. The summed E-state index contributed by atoms with van der Waals surface area (Å²) in [5.74, 6) is 0.895. The molecule has 4 nitrogen and oxygen atoms in total. The van der Waals surface area contributed by atoms with Gasteiger partial charge in [0.2, 0.25) is 5.95 Å². The molecule has 0 radical (unpaired) electrons. The van der Waals surface area contributed by atoms with Crippen molar-refractivity contribution in [2.24, 2.45) is 5.41 Å². The van der Waals surface area contributed by atoms with Crippen molar-refractivity contribution in [1.29, 1.82) is 0 Å². The SMILES string of the molecule is CCN1CC2(C1)CN(c1ncc(C)cn1)C2. The number of likely N-dealkylation sites (tertiary alicyclic amines) is 1. The predicted molar refractivity (Wildman–Crippen MR) is 63.5 cm³/mol. The van der Waals surface area contributed by atoms with E-state index in [2.05, 4.69) is 26.7 Å². The maximum Gasteiger partial charge on any atom is 0.225 e. The summed E-state index contributed by atoms with van der Waals surface area (Å²) in [5.41, 5.74) is 1.68. The highest BCUT2D eigenvalue weighted by atomic mass is 15.4. The van der Waals surface area contributed by atoms with Gasteiger partial charge in [0.1, 0.15) is 0 Å². The molecule has 2 saturated heterocycles. The summed E-state index contributed by atoms with van der Waals surface area (Å²) in [6, 6.07) is 0. The Balaban J connectivity index is 1.60. The lowest BCUT2D eigenvalue weighted by Gasteiger charge is -2.60. The summed E-state index contributed by atoms with van der Waals surface area (Å²) in [5, 5.41) is 0. The lowest BCUT2D eigenvalue weighted by molar-refractivity contribution is -0.0185. The quantitative estimate of drug-likeness (QED) is 0.739. The highest BCUT2D eigenvalue weighted by molar-refractivity contribution is 5.37. The molecule has 16 heavy (non-hydrogen) atoms. The van der Waals surface area contributed by atoms with Gasteiger partial charge in [-0.05, 0) is 19.0 Å². The van der Waals surface area contributed by atoms with Gasteiger partial charge in [-0.3, -0.25) is 0 Å². The first-order chi connectivity index (χ1) is 7.71. The number of nitrogens with zero attached hydrogens (tertiary/aromatic N) is 4. The molecule has 2 aliphatic rings. The minimum atomic E-state index is 0.560. The molecule has 0 atom stereocenters. The van der Waals surface area contributed by atoms with Crippen LogP contribution in [0.15, 0.2) is 12.4 Å². The maximum atomic E-state index is 4.36. The lowest BCUT2D eigenvalue weighted by atomic mass is 9.73. The number of hydrogen-bond acceptors (Lipinski definition) is 4. The average Bonchev–Trinajstić information content (AvgIpc) is 2.17. The van der Waals surface area contributed by atoms with Crippen molar-refractivity contribution in [2.45, 2.75) is 13.8 Å². The van der Waals surface area contributed by atoms with Crippen molar-refractivity contribution < 1.29 is 0 Å². The Morgan fingerprint density at radius 3 is 2.38 bits per heavy atom. The van der Waals surface area contributed by atoms with Crippen LogP contribution >= 0.6 is 0 Å². The van der Waals surface area contributed by atoms with Gasteiger partial charge in [0.25, 0.3) is 0 Å². The van der Waals surface area contributed by atoms with Crippen LogP contribution in [0.1, 0.15) is 12.5 Å². The van der Waals surface area contributed by atoms with Crippen LogP contribution in [0.25, 0.3) is 0 Å². The molecule has 0 aliphatic carbocycles. The number of aryl methyl sites for hydroxylation is 1. The lowest BCUT2D eigenvalue weighted by Crippen LogP contribution is -2.72. The molecule has 0 amide bonds. The van der Waals surface area contributed by atoms with E-state index >= 15 is 0 Å². The zero-order chi connectivity index (χ0) is 11.2. The van der Waals surface area contributed by atoms with E-state index in [9.17, 15) is 0 Å². The third kappa shape index (κ3) is 1.48. The first-order valence-electron chi connectivity index (χ1n) is 5.97. The van der Waals surface area contributed by atoms with Crippen molar-refractivity contribution in [3.05, 3.63) is 18.0 Å². The van der Waals surface area contributed by atoms with Gasteiger partial charge < -0.3 is 9.80 Å². The topological polar surface area (TPSA) is 32.3 Å². The van der Waals surface area contributed by atoms with Crippen molar-refractivity contribution in [3.8, 4) is 0 Å². The predicted octanol–water partition coefficient (Wildman–Crippen LogP) is 0.927. The summed E-state index contributed by atoms with van der Waals surface area (Å²) in [4.78, 5) is 13.5. The first-order valence-corrected chi connectivity index (χ1v) is 5.97. The van der Waals surface area contributed by atoms with E-state index in [1.54, 1.807) is 0 Å². The van der Waals surface area contributed by atoms with Crippen LogP contribution in [0.5, 0.6) is 0 Å². The molecule has 1 aromatic heterocycles. The van der Waals surface area contributed by atoms with Crippen molar-refractivity contribution in [1.82, 2.24) is 14.9 Å². The fourth-order valence-electron chi connectivity index (χ4n) is 2.78. The molecule has 0 saturated carbocycles. The third-order valence-corrected chi connectivity index (χ3v) is 3.67. The number of aromatic nitrogens is 2. The van der Waals surface area contributed by atoms with Gasteiger partial charge in [-0.1, -0.05) is 6.92 Å². The van der Waals surface area contributed by atoms with Gasteiger partial charge in [0.05, 0.1) is 0 Å². The minimum Gasteiger partial charge on any atom is -0.339 e. The molecule has 3 heterocycles. The van der Waals surface area contributed by atoms with Crippen molar-refractivity contribution in [2.75, 3.05) is 37.6 Å². The highest BCUT2D eigenvalue weighted by Crippen LogP contribution is 2.40. The fourth-order valence-corrected chi connectivity index (χ4v) is 2.78. The summed E-state index contributed by atoms with van der Waals surface area (Å²) >= 11 is 0. The maximum absolute atomic E-state index is 4.36. The van der Waals surface area contributed by atoms with E-state index in [0.29, 0.717) is 5.41 Å². The van der Waals surface area contributed by atoms with Gasteiger partial charge in [-0.2, -0.15) is 0 Å².